The molecule has 0 saturated heterocycles. The Morgan fingerprint density at radius 1 is 0.771 bits per heavy atom. The minimum Gasteiger partial charge on any atom is -0.489 e. The zero-order valence-electron chi connectivity index (χ0n) is 19.9. The van der Waals surface area contributed by atoms with Crippen molar-refractivity contribution in [1.82, 2.24) is 9.78 Å². The molecule has 4 aromatic carbocycles. The summed E-state index contributed by atoms with van der Waals surface area (Å²) < 4.78 is 7.81. The van der Waals surface area contributed by atoms with Gasteiger partial charge in [0.2, 0.25) is 0 Å². The standard InChI is InChI=1S/C31H27N3O/c1-23-8-12-26(13-9-23)22-35-29-18-14-25(15-19-29)21-32-31-20-30(27-16-10-24(2)11-17-27)33-34(31)28-6-4-3-5-7-28/h3-21H,22H2,1-2H3. The Morgan fingerprint density at radius 2 is 1.43 bits per heavy atom. The van der Waals surface area contributed by atoms with Gasteiger partial charge in [-0.05, 0) is 61.4 Å². The van der Waals surface area contributed by atoms with Gasteiger partial charge in [0.15, 0.2) is 5.82 Å². The molecule has 0 spiro atoms. The van der Waals surface area contributed by atoms with E-state index in [0.29, 0.717) is 6.61 Å². The molecule has 1 aromatic heterocycles. The number of aliphatic imine (C=N–C) groups is 1. The first-order valence-corrected chi connectivity index (χ1v) is 11.7. The number of aromatic nitrogens is 2. The Balaban J connectivity index is 1.35. The van der Waals surface area contributed by atoms with Crippen LogP contribution in [0.2, 0.25) is 0 Å². The van der Waals surface area contributed by atoms with E-state index in [1.807, 2.05) is 71.6 Å². The van der Waals surface area contributed by atoms with Gasteiger partial charge in [0.05, 0.1) is 11.4 Å². The van der Waals surface area contributed by atoms with Crippen LogP contribution in [0.1, 0.15) is 22.3 Å². The zero-order chi connectivity index (χ0) is 24.0. The van der Waals surface area contributed by atoms with Gasteiger partial charge in [0.25, 0.3) is 0 Å². The van der Waals surface area contributed by atoms with Gasteiger partial charge in [-0.15, -0.1) is 0 Å². The number of ether oxygens (including phenoxy) is 1. The number of nitrogens with zero attached hydrogens (tertiary/aromatic N) is 3. The molecule has 0 atom stereocenters. The van der Waals surface area contributed by atoms with Gasteiger partial charge in [-0.2, -0.15) is 5.10 Å². The van der Waals surface area contributed by atoms with Crippen molar-refractivity contribution in [3.05, 3.63) is 131 Å². The van der Waals surface area contributed by atoms with Crippen LogP contribution in [0.5, 0.6) is 5.75 Å². The highest BCUT2D eigenvalue weighted by molar-refractivity contribution is 5.82. The molecule has 0 aliphatic carbocycles. The highest BCUT2D eigenvalue weighted by Gasteiger charge is 2.10. The maximum atomic E-state index is 5.93. The van der Waals surface area contributed by atoms with E-state index in [4.69, 9.17) is 14.8 Å². The van der Waals surface area contributed by atoms with E-state index in [9.17, 15) is 0 Å². The molecule has 0 aliphatic rings. The molecule has 172 valence electrons. The summed E-state index contributed by atoms with van der Waals surface area (Å²) in [6.07, 6.45) is 1.86. The van der Waals surface area contributed by atoms with Crippen molar-refractivity contribution in [1.29, 1.82) is 0 Å². The molecule has 0 fully saturated rings. The molecule has 5 rings (SSSR count). The Kier molecular flexibility index (Phi) is 6.53. The fraction of sp³-hybridized carbons (Fsp3) is 0.0968. The summed E-state index contributed by atoms with van der Waals surface area (Å²) in [4.78, 5) is 4.78. The molecule has 0 saturated carbocycles. The summed E-state index contributed by atoms with van der Waals surface area (Å²) in [5.74, 6) is 1.60. The van der Waals surface area contributed by atoms with E-state index in [1.165, 1.54) is 11.1 Å². The van der Waals surface area contributed by atoms with Gasteiger partial charge < -0.3 is 4.74 Å². The summed E-state index contributed by atoms with van der Waals surface area (Å²) in [5, 5.41) is 4.85. The SMILES string of the molecule is Cc1ccc(COc2ccc(C=Nc3cc(-c4ccc(C)cc4)nn3-c3ccccc3)cc2)cc1. The van der Waals surface area contributed by atoms with E-state index in [0.717, 1.165) is 39.6 Å². The Labute approximate surface area is 206 Å². The number of hydrogen-bond donors (Lipinski definition) is 0. The van der Waals surface area contributed by atoms with Gasteiger partial charge >= 0.3 is 0 Å². The third-order valence-corrected chi connectivity index (χ3v) is 5.79. The van der Waals surface area contributed by atoms with Gasteiger partial charge in [-0.1, -0.05) is 77.9 Å². The van der Waals surface area contributed by atoms with Crippen molar-refractivity contribution in [2.24, 2.45) is 4.99 Å². The van der Waals surface area contributed by atoms with Crippen LogP contribution in [0.3, 0.4) is 0 Å². The van der Waals surface area contributed by atoms with Crippen LogP contribution in [-0.2, 0) is 6.61 Å². The first-order chi connectivity index (χ1) is 17.1. The second kappa shape index (κ2) is 10.2. The summed E-state index contributed by atoms with van der Waals surface area (Å²) in [6, 6.07) is 36.8. The maximum absolute atomic E-state index is 5.93. The van der Waals surface area contributed by atoms with Crippen LogP contribution in [0.4, 0.5) is 5.82 Å². The van der Waals surface area contributed by atoms with Gasteiger partial charge in [0.1, 0.15) is 12.4 Å². The second-order valence-electron chi connectivity index (χ2n) is 8.60. The molecule has 0 unspecified atom stereocenters. The van der Waals surface area contributed by atoms with Crippen molar-refractivity contribution >= 4 is 12.0 Å². The lowest BCUT2D eigenvalue weighted by Gasteiger charge is -2.07. The monoisotopic (exact) mass is 457 g/mol. The average Bonchev–Trinajstić information content (AvgIpc) is 3.33. The van der Waals surface area contributed by atoms with E-state index < -0.39 is 0 Å². The number of hydrogen-bond acceptors (Lipinski definition) is 3. The van der Waals surface area contributed by atoms with Gasteiger partial charge in [0, 0.05) is 17.8 Å². The van der Waals surface area contributed by atoms with Crippen LogP contribution in [0, 0.1) is 13.8 Å². The summed E-state index contributed by atoms with van der Waals surface area (Å²) in [5.41, 5.74) is 7.54. The van der Waals surface area contributed by atoms with E-state index in [-0.39, 0.29) is 0 Å². The van der Waals surface area contributed by atoms with Crippen molar-refractivity contribution in [3.63, 3.8) is 0 Å². The Hall–Kier alpha value is -4.44. The van der Waals surface area contributed by atoms with Crippen LogP contribution in [-0.4, -0.2) is 16.0 Å². The highest BCUT2D eigenvalue weighted by Crippen LogP contribution is 2.27. The number of rotatable bonds is 7. The largest absolute Gasteiger partial charge is 0.489 e. The topological polar surface area (TPSA) is 39.4 Å². The predicted octanol–water partition coefficient (Wildman–Crippen LogP) is 7.49. The molecule has 0 N–H and O–H groups in total. The third-order valence-electron chi connectivity index (χ3n) is 5.79. The van der Waals surface area contributed by atoms with E-state index >= 15 is 0 Å². The minimum absolute atomic E-state index is 0.547. The quantitative estimate of drug-likeness (QED) is 0.238. The lowest BCUT2D eigenvalue weighted by atomic mass is 10.1. The predicted molar refractivity (Wildman–Crippen MR) is 143 cm³/mol. The van der Waals surface area contributed by atoms with Crippen molar-refractivity contribution in [2.45, 2.75) is 20.5 Å². The fourth-order valence-electron chi connectivity index (χ4n) is 3.73. The van der Waals surface area contributed by atoms with E-state index in [2.05, 4.69) is 62.4 Å². The third kappa shape index (κ3) is 5.56. The van der Waals surface area contributed by atoms with Crippen LogP contribution < -0.4 is 4.74 Å². The molecule has 1 heterocycles. The maximum Gasteiger partial charge on any atom is 0.156 e. The first-order valence-electron chi connectivity index (χ1n) is 11.7. The van der Waals surface area contributed by atoms with Gasteiger partial charge in [-0.25, -0.2) is 9.67 Å². The molecule has 0 bridgehead atoms. The lowest BCUT2D eigenvalue weighted by molar-refractivity contribution is 0.306. The summed E-state index contributed by atoms with van der Waals surface area (Å²) >= 11 is 0. The normalized spacial score (nSPS) is 11.1. The zero-order valence-corrected chi connectivity index (χ0v) is 19.9. The number of benzene rings is 4. The molecule has 0 radical (unpaired) electrons. The highest BCUT2D eigenvalue weighted by atomic mass is 16.5. The molecular formula is C31H27N3O. The van der Waals surface area contributed by atoms with Crippen LogP contribution in [0.25, 0.3) is 16.9 Å². The molecule has 0 amide bonds. The molecule has 4 heteroatoms. The molecule has 4 nitrogen and oxygen atoms in total. The molecule has 0 aliphatic heterocycles. The number of para-hydroxylation sites is 1. The molecule has 5 aromatic rings. The summed E-state index contributed by atoms with van der Waals surface area (Å²) in [6.45, 7) is 4.72. The van der Waals surface area contributed by atoms with Crippen molar-refractivity contribution in [3.8, 4) is 22.7 Å². The second-order valence-corrected chi connectivity index (χ2v) is 8.60. The summed E-state index contributed by atoms with van der Waals surface area (Å²) in [7, 11) is 0. The molecule has 35 heavy (non-hydrogen) atoms. The first kappa shape index (κ1) is 22.4. The van der Waals surface area contributed by atoms with Crippen LogP contribution >= 0.6 is 0 Å². The smallest absolute Gasteiger partial charge is 0.156 e. The van der Waals surface area contributed by atoms with Gasteiger partial charge in [-0.3, -0.25) is 0 Å². The fourth-order valence-corrected chi connectivity index (χ4v) is 3.73. The average molecular weight is 458 g/mol. The number of aryl methyl sites for hydroxylation is 2. The van der Waals surface area contributed by atoms with E-state index in [1.54, 1.807) is 0 Å². The lowest BCUT2D eigenvalue weighted by Crippen LogP contribution is -1.96. The van der Waals surface area contributed by atoms with Crippen molar-refractivity contribution < 1.29 is 4.74 Å². The Bertz CT molecular complexity index is 1420. The Morgan fingerprint density at radius 3 is 2.11 bits per heavy atom. The van der Waals surface area contributed by atoms with Crippen molar-refractivity contribution in [2.75, 3.05) is 0 Å². The van der Waals surface area contributed by atoms with Crippen LogP contribution in [0.15, 0.2) is 114 Å². The molecular weight excluding hydrogens is 430 g/mol. The minimum atomic E-state index is 0.547.